The molecular weight excluding hydrogens is 202 g/mol. The lowest BCUT2D eigenvalue weighted by Gasteiger charge is -2.25. The molecule has 0 unspecified atom stereocenters. The molecule has 0 saturated heterocycles. The van der Waals surface area contributed by atoms with Crippen LogP contribution < -0.4 is 0 Å². The summed E-state index contributed by atoms with van der Waals surface area (Å²) in [4.78, 5) is 6.06. The number of aromatic nitrogens is 1. The first-order valence-electron chi connectivity index (χ1n) is 5.96. The zero-order valence-electron chi connectivity index (χ0n) is 10.0. The largest absolute Gasteiger partial charge is 0.249 e. The van der Waals surface area contributed by atoms with Gasteiger partial charge in [0.2, 0.25) is 0 Å². The summed E-state index contributed by atoms with van der Waals surface area (Å²) in [5.74, 6) is 0.936. The Morgan fingerprint density at radius 1 is 1.40 bits per heavy atom. The van der Waals surface area contributed by atoms with E-state index in [4.69, 9.17) is 0 Å². The number of nitrogens with zero attached hydrogens (tertiary/aromatic N) is 1. The highest BCUT2D eigenvalue weighted by molar-refractivity contribution is 7.09. The lowest BCUT2D eigenvalue weighted by Crippen LogP contribution is -2.16. The molecule has 0 amide bonds. The quantitative estimate of drug-likeness (QED) is 0.752. The molecule has 84 valence electrons. The fraction of sp³-hybridized carbons (Fsp3) is 0.769. The summed E-state index contributed by atoms with van der Waals surface area (Å²) < 4.78 is 0. The van der Waals surface area contributed by atoms with Gasteiger partial charge in [-0.25, -0.2) is 4.98 Å². The van der Waals surface area contributed by atoms with Crippen molar-refractivity contribution in [3.05, 3.63) is 16.1 Å². The molecule has 1 fully saturated rings. The zero-order valence-corrected chi connectivity index (χ0v) is 10.9. The molecular formula is C13H21NS. The van der Waals surface area contributed by atoms with E-state index in [1.165, 1.54) is 42.7 Å². The summed E-state index contributed by atoms with van der Waals surface area (Å²) >= 11 is 1.84. The van der Waals surface area contributed by atoms with Crippen LogP contribution in [0.1, 0.15) is 50.6 Å². The van der Waals surface area contributed by atoms with Crippen molar-refractivity contribution in [1.82, 2.24) is 4.98 Å². The minimum absolute atomic E-state index is 0.390. The van der Waals surface area contributed by atoms with E-state index in [-0.39, 0.29) is 0 Å². The van der Waals surface area contributed by atoms with Gasteiger partial charge in [0.25, 0.3) is 0 Å². The lowest BCUT2D eigenvalue weighted by atomic mass is 9.81. The molecule has 0 aromatic carbocycles. The Bertz CT molecular complexity index is 318. The Morgan fingerprint density at radius 2 is 2.13 bits per heavy atom. The van der Waals surface area contributed by atoms with E-state index in [2.05, 4.69) is 25.8 Å². The van der Waals surface area contributed by atoms with Crippen molar-refractivity contribution in [2.24, 2.45) is 11.3 Å². The Labute approximate surface area is 96.9 Å². The minimum atomic E-state index is 0.390. The molecule has 2 rings (SSSR count). The van der Waals surface area contributed by atoms with E-state index >= 15 is 0 Å². The van der Waals surface area contributed by atoms with E-state index in [0.29, 0.717) is 5.41 Å². The predicted octanol–water partition coefficient (Wildman–Crippen LogP) is 4.07. The predicted molar refractivity (Wildman–Crippen MR) is 66.3 cm³/mol. The van der Waals surface area contributed by atoms with Gasteiger partial charge in [0, 0.05) is 4.88 Å². The summed E-state index contributed by atoms with van der Waals surface area (Å²) in [5.41, 5.74) is 3.80. The molecule has 0 spiro atoms. The molecule has 0 N–H and O–H groups in total. The van der Waals surface area contributed by atoms with Gasteiger partial charge in [-0.2, -0.15) is 0 Å². The number of hydrogen-bond acceptors (Lipinski definition) is 2. The molecule has 1 saturated carbocycles. The SMILES string of the molecule is CC(C)(C)Cc1scnc1CC1CCC1. The molecule has 15 heavy (non-hydrogen) atoms. The van der Waals surface area contributed by atoms with Crippen LogP contribution in [-0.4, -0.2) is 4.98 Å². The van der Waals surface area contributed by atoms with Crippen LogP contribution in [0.5, 0.6) is 0 Å². The fourth-order valence-electron chi connectivity index (χ4n) is 2.06. The monoisotopic (exact) mass is 223 g/mol. The Morgan fingerprint density at radius 3 is 2.67 bits per heavy atom. The molecule has 2 heteroatoms. The molecule has 1 aromatic rings. The third-order valence-electron chi connectivity index (χ3n) is 3.12. The van der Waals surface area contributed by atoms with Crippen molar-refractivity contribution in [1.29, 1.82) is 0 Å². The normalized spacial score (nSPS) is 17.8. The van der Waals surface area contributed by atoms with Gasteiger partial charge >= 0.3 is 0 Å². The first kappa shape index (κ1) is 11.1. The standard InChI is InChI=1S/C13H21NS/c1-13(2,3)8-12-11(14-9-15-12)7-10-5-4-6-10/h9-10H,4-8H2,1-3H3. The van der Waals surface area contributed by atoms with Gasteiger partial charge in [-0.1, -0.05) is 40.0 Å². The first-order chi connectivity index (χ1) is 7.04. The van der Waals surface area contributed by atoms with E-state index in [1.807, 2.05) is 16.8 Å². The molecule has 0 bridgehead atoms. The second-order valence-corrected chi connectivity index (χ2v) is 6.90. The van der Waals surface area contributed by atoms with Gasteiger partial charge in [0.05, 0.1) is 11.2 Å². The second kappa shape index (κ2) is 4.25. The number of rotatable bonds is 3. The molecule has 0 radical (unpaired) electrons. The Hall–Kier alpha value is -0.370. The first-order valence-corrected chi connectivity index (χ1v) is 6.84. The minimum Gasteiger partial charge on any atom is -0.249 e. The zero-order chi connectivity index (χ0) is 10.9. The topological polar surface area (TPSA) is 12.9 Å². The van der Waals surface area contributed by atoms with Crippen LogP contribution in [0.3, 0.4) is 0 Å². The lowest BCUT2D eigenvalue weighted by molar-refractivity contribution is 0.310. The number of hydrogen-bond donors (Lipinski definition) is 0. The van der Waals surface area contributed by atoms with E-state index in [1.54, 1.807) is 0 Å². The average Bonchev–Trinajstić information content (AvgIpc) is 2.42. The molecule has 1 aliphatic rings. The maximum atomic E-state index is 4.54. The summed E-state index contributed by atoms with van der Waals surface area (Å²) in [7, 11) is 0. The molecule has 1 aromatic heterocycles. The van der Waals surface area contributed by atoms with Gasteiger partial charge in [-0.3, -0.25) is 0 Å². The second-order valence-electron chi connectivity index (χ2n) is 5.96. The van der Waals surface area contributed by atoms with Crippen LogP contribution in [0.25, 0.3) is 0 Å². The van der Waals surface area contributed by atoms with Gasteiger partial charge in [0.1, 0.15) is 0 Å². The third-order valence-corrected chi connectivity index (χ3v) is 4.00. The van der Waals surface area contributed by atoms with Crippen LogP contribution in [0, 0.1) is 11.3 Å². The van der Waals surface area contributed by atoms with Crippen LogP contribution in [0.4, 0.5) is 0 Å². The highest BCUT2D eigenvalue weighted by Gasteiger charge is 2.22. The van der Waals surface area contributed by atoms with Crippen LogP contribution in [0.2, 0.25) is 0 Å². The van der Waals surface area contributed by atoms with Crippen molar-refractivity contribution in [2.45, 2.75) is 52.9 Å². The highest BCUT2D eigenvalue weighted by Crippen LogP contribution is 2.33. The van der Waals surface area contributed by atoms with Crippen molar-refractivity contribution >= 4 is 11.3 Å². The summed E-state index contributed by atoms with van der Waals surface area (Å²) in [5, 5.41) is 0. The Balaban J connectivity index is 2.01. The van der Waals surface area contributed by atoms with Crippen molar-refractivity contribution < 1.29 is 0 Å². The molecule has 0 aliphatic heterocycles. The molecule has 1 nitrogen and oxygen atoms in total. The van der Waals surface area contributed by atoms with Crippen LogP contribution in [0.15, 0.2) is 5.51 Å². The smallest absolute Gasteiger partial charge is 0.0797 e. The summed E-state index contributed by atoms with van der Waals surface area (Å²) in [6, 6.07) is 0. The summed E-state index contributed by atoms with van der Waals surface area (Å²) in [6.45, 7) is 6.92. The van der Waals surface area contributed by atoms with Crippen LogP contribution >= 0.6 is 11.3 Å². The molecule has 1 aliphatic carbocycles. The Kier molecular flexibility index (Phi) is 3.15. The van der Waals surface area contributed by atoms with Gasteiger partial charge in [-0.15, -0.1) is 11.3 Å². The van der Waals surface area contributed by atoms with Crippen LogP contribution in [-0.2, 0) is 12.8 Å². The average molecular weight is 223 g/mol. The maximum absolute atomic E-state index is 4.54. The van der Waals surface area contributed by atoms with E-state index in [9.17, 15) is 0 Å². The molecule has 0 atom stereocenters. The number of thiazole rings is 1. The van der Waals surface area contributed by atoms with Crippen molar-refractivity contribution in [3.63, 3.8) is 0 Å². The van der Waals surface area contributed by atoms with E-state index < -0.39 is 0 Å². The maximum Gasteiger partial charge on any atom is 0.0797 e. The van der Waals surface area contributed by atoms with E-state index in [0.717, 1.165) is 5.92 Å². The van der Waals surface area contributed by atoms with Gasteiger partial charge in [0.15, 0.2) is 0 Å². The van der Waals surface area contributed by atoms with Crippen molar-refractivity contribution in [3.8, 4) is 0 Å². The van der Waals surface area contributed by atoms with Gasteiger partial charge < -0.3 is 0 Å². The highest BCUT2D eigenvalue weighted by atomic mass is 32.1. The fourth-order valence-corrected chi connectivity index (χ4v) is 3.15. The van der Waals surface area contributed by atoms with Gasteiger partial charge in [-0.05, 0) is 24.2 Å². The van der Waals surface area contributed by atoms with Crippen molar-refractivity contribution in [2.75, 3.05) is 0 Å². The third kappa shape index (κ3) is 3.04. The summed E-state index contributed by atoms with van der Waals surface area (Å²) in [6.07, 6.45) is 6.69. The molecule has 1 heterocycles.